The average Bonchev–Trinajstić information content (AvgIpc) is 2.91. The summed E-state index contributed by atoms with van der Waals surface area (Å²) in [5, 5.41) is 0. The molecule has 0 unspecified atom stereocenters. The second kappa shape index (κ2) is 7.44. The van der Waals surface area contributed by atoms with Crippen molar-refractivity contribution in [2.75, 3.05) is 37.6 Å². The first-order chi connectivity index (χ1) is 13.9. The number of para-hydroxylation sites is 2. The van der Waals surface area contributed by atoms with Crippen molar-refractivity contribution in [3.05, 3.63) is 78.1 Å². The summed E-state index contributed by atoms with van der Waals surface area (Å²) in [4.78, 5) is 13.5. The molecule has 0 atom stereocenters. The van der Waals surface area contributed by atoms with Crippen LogP contribution in [0, 0.1) is 0 Å². The zero-order valence-electron chi connectivity index (χ0n) is 15.7. The van der Waals surface area contributed by atoms with Crippen LogP contribution in [0.1, 0.15) is 11.1 Å². The number of anilines is 1. The Labute approximate surface area is 164 Å². The quantitative estimate of drug-likeness (QED) is 0.698. The first kappa shape index (κ1) is 17.0. The summed E-state index contributed by atoms with van der Waals surface area (Å²) in [5.41, 5.74) is 3.60. The maximum Gasteiger partial charge on any atom is 0.225 e. The van der Waals surface area contributed by atoms with Crippen molar-refractivity contribution in [3.63, 3.8) is 0 Å². The Morgan fingerprint density at radius 3 is 2.32 bits per heavy atom. The predicted octanol–water partition coefficient (Wildman–Crippen LogP) is 3.95. The van der Waals surface area contributed by atoms with Gasteiger partial charge in [-0.1, -0.05) is 36.4 Å². The van der Waals surface area contributed by atoms with Gasteiger partial charge in [0.25, 0.3) is 0 Å². The monoisotopic (exact) mass is 370 g/mol. The summed E-state index contributed by atoms with van der Waals surface area (Å²) in [6.45, 7) is 4.75. The van der Waals surface area contributed by atoms with Gasteiger partial charge in [0.05, 0.1) is 0 Å². The number of rotatable bonds is 3. The fourth-order valence-corrected chi connectivity index (χ4v) is 3.83. The molecule has 2 aliphatic rings. The number of fused-ring (bicyclic) bond motifs is 2. The number of nitrogens with zero attached hydrogens (tertiary/aromatic N) is 4. The molecule has 0 aliphatic carbocycles. The number of hydrogen-bond acceptors (Lipinski definition) is 5. The van der Waals surface area contributed by atoms with Crippen LogP contribution in [0.3, 0.4) is 0 Å². The van der Waals surface area contributed by atoms with Crippen LogP contribution >= 0.6 is 0 Å². The lowest BCUT2D eigenvalue weighted by atomic mass is 10.0. The van der Waals surface area contributed by atoms with Crippen molar-refractivity contribution in [3.8, 4) is 11.5 Å². The van der Waals surface area contributed by atoms with Gasteiger partial charge in [0.1, 0.15) is 11.5 Å². The minimum absolute atomic E-state index is 0.823. The van der Waals surface area contributed by atoms with Gasteiger partial charge < -0.3 is 9.64 Å². The van der Waals surface area contributed by atoms with Crippen LogP contribution < -0.4 is 9.64 Å². The van der Waals surface area contributed by atoms with E-state index in [2.05, 4.69) is 56.2 Å². The number of hydrogen-bond donors (Lipinski definition) is 0. The van der Waals surface area contributed by atoms with Gasteiger partial charge >= 0.3 is 0 Å². The predicted molar refractivity (Wildman–Crippen MR) is 112 cm³/mol. The molecule has 1 saturated heterocycles. The van der Waals surface area contributed by atoms with E-state index in [1.807, 2.05) is 24.3 Å². The molecule has 0 N–H and O–H groups in total. The Balaban J connectivity index is 1.37. The lowest BCUT2D eigenvalue weighted by molar-refractivity contribution is 0.286. The molecule has 0 saturated carbocycles. The van der Waals surface area contributed by atoms with Gasteiger partial charge in [0.15, 0.2) is 0 Å². The van der Waals surface area contributed by atoms with E-state index in [0.29, 0.717) is 0 Å². The molecule has 5 nitrogen and oxygen atoms in total. The van der Waals surface area contributed by atoms with Crippen LogP contribution in [0.2, 0.25) is 0 Å². The summed E-state index contributed by atoms with van der Waals surface area (Å²) < 4.78 is 6.20. The van der Waals surface area contributed by atoms with Crippen LogP contribution in [0.15, 0.2) is 67.0 Å². The summed E-state index contributed by atoms with van der Waals surface area (Å²) in [5.74, 6) is 2.66. The average molecular weight is 370 g/mol. The highest BCUT2D eigenvalue weighted by molar-refractivity contribution is 5.88. The molecule has 0 spiro atoms. The van der Waals surface area contributed by atoms with Crippen molar-refractivity contribution >= 4 is 17.6 Å². The van der Waals surface area contributed by atoms with Gasteiger partial charge in [0, 0.05) is 56.2 Å². The molecule has 0 bridgehead atoms. The second-order valence-electron chi connectivity index (χ2n) is 7.12. The fourth-order valence-electron chi connectivity index (χ4n) is 3.83. The molecule has 3 heterocycles. The Kier molecular flexibility index (Phi) is 4.51. The van der Waals surface area contributed by atoms with Crippen LogP contribution in [0.4, 0.5) is 5.95 Å². The van der Waals surface area contributed by atoms with E-state index in [1.165, 1.54) is 11.1 Å². The van der Waals surface area contributed by atoms with E-state index in [0.717, 1.165) is 55.7 Å². The third kappa shape index (κ3) is 3.37. The third-order valence-corrected chi connectivity index (χ3v) is 5.30. The van der Waals surface area contributed by atoms with Crippen LogP contribution in [0.5, 0.6) is 11.5 Å². The molecule has 28 heavy (non-hydrogen) atoms. The lowest BCUT2D eigenvalue weighted by Crippen LogP contribution is -2.47. The van der Waals surface area contributed by atoms with E-state index in [1.54, 1.807) is 12.4 Å². The molecule has 0 amide bonds. The zero-order chi connectivity index (χ0) is 18.8. The highest BCUT2D eigenvalue weighted by Gasteiger charge is 2.22. The summed E-state index contributed by atoms with van der Waals surface area (Å²) in [6.07, 6.45) is 5.88. The highest BCUT2D eigenvalue weighted by Crippen LogP contribution is 2.38. The van der Waals surface area contributed by atoms with Crippen molar-refractivity contribution in [2.24, 2.45) is 0 Å². The van der Waals surface area contributed by atoms with E-state index >= 15 is 0 Å². The molecule has 5 rings (SSSR count). The first-order valence-corrected chi connectivity index (χ1v) is 9.68. The molecule has 2 aliphatic heterocycles. The van der Waals surface area contributed by atoms with Gasteiger partial charge in [-0.15, -0.1) is 0 Å². The largest absolute Gasteiger partial charge is 0.456 e. The van der Waals surface area contributed by atoms with E-state index in [4.69, 9.17) is 4.74 Å². The molecule has 0 radical (unpaired) electrons. The van der Waals surface area contributed by atoms with E-state index in [-0.39, 0.29) is 0 Å². The molecule has 2 aromatic carbocycles. The smallest absolute Gasteiger partial charge is 0.225 e. The normalized spacial score (nSPS) is 16.4. The first-order valence-electron chi connectivity index (χ1n) is 9.68. The Hall–Kier alpha value is -3.18. The molecule has 140 valence electrons. The summed E-state index contributed by atoms with van der Waals surface area (Å²) >= 11 is 0. The number of piperazine rings is 1. The maximum atomic E-state index is 6.20. The maximum absolute atomic E-state index is 6.20. The van der Waals surface area contributed by atoms with Crippen LogP contribution in [-0.2, 0) is 0 Å². The van der Waals surface area contributed by atoms with E-state index in [9.17, 15) is 0 Å². The van der Waals surface area contributed by atoms with Gasteiger partial charge in [-0.25, -0.2) is 9.97 Å². The standard InChI is InChI=1S/C23H22N4O/c1-3-8-21-18(6-1)16-19(20-7-2-4-9-22(20)28-21)17-26-12-14-27(15-13-26)23-24-10-5-11-25-23/h1-11,16H,12-15,17H2. The highest BCUT2D eigenvalue weighted by atomic mass is 16.5. The van der Waals surface area contributed by atoms with Crippen molar-refractivity contribution in [1.29, 1.82) is 0 Å². The molecular formula is C23H22N4O. The van der Waals surface area contributed by atoms with Crippen LogP contribution in [-0.4, -0.2) is 47.6 Å². The molecule has 1 aromatic heterocycles. The van der Waals surface area contributed by atoms with Gasteiger partial charge in [-0.3, -0.25) is 4.90 Å². The number of benzene rings is 2. The van der Waals surface area contributed by atoms with Gasteiger partial charge in [-0.05, 0) is 29.8 Å². The minimum atomic E-state index is 0.823. The lowest BCUT2D eigenvalue weighted by Gasteiger charge is -2.35. The molecule has 3 aromatic rings. The van der Waals surface area contributed by atoms with Gasteiger partial charge in [0.2, 0.25) is 5.95 Å². The SMILES string of the molecule is C1=C(CN2CCN(c3ncccn3)CC2)c2ccccc2Oc2ccccc21. The van der Waals surface area contributed by atoms with Crippen LogP contribution in [0.25, 0.3) is 11.6 Å². The topological polar surface area (TPSA) is 41.5 Å². The summed E-state index contributed by atoms with van der Waals surface area (Å²) in [7, 11) is 0. The third-order valence-electron chi connectivity index (χ3n) is 5.30. The Morgan fingerprint density at radius 2 is 1.50 bits per heavy atom. The minimum Gasteiger partial charge on any atom is -0.456 e. The molecule has 1 fully saturated rings. The van der Waals surface area contributed by atoms with E-state index < -0.39 is 0 Å². The summed E-state index contributed by atoms with van der Waals surface area (Å²) in [6, 6.07) is 18.4. The van der Waals surface area contributed by atoms with Crippen molar-refractivity contribution in [1.82, 2.24) is 14.9 Å². The molecule has 5 heteroatoms. The Morgan fingerprint density at radius 1 is 0.786 bits per heavy atom. The zero-order valence-corrected chi connectivity index (χ0v) is 15.7. The number of ether oxygens (including phenoxy) is 1. The Bertz CT molecular complexity index is 994. The van der Waals surface area contributed by atoms with Crippen molar-refractivity contribution in [2.45, 2.75) is 0 Å². The second-order valence-corrected chi connectivity index (χ2v) is 7.12. The van der Waals surface area contributed by atoms with Crippen molar-refractivity contribution < 1.29 is 4.74 Å². The van der Waals surface area contributed by atoms with Gasteiger partial charge in [-0.2, -0.15) is 0 Å². The molecular weight excluding hydrogens is 348 g/mol. The number of aromatic nitrogens is 2. The fraction of sp³-hybridized carbons (Fsp3) is 0.217.